The molecule has 4 aromatic rings. The number of aryl methyl sites for hydroxylation is 1. The number of hydrogen-bond acceptors (Lipinski definition) is 6. The molecule has 8 nitrogen and oxygen atoms in total. The van der Waals surface area contributed by atoms with Crippen LogP contribution in [0.2, 0.25) is 0 Å². The Hall–Kier alpha value is -3.98. The number of amides is 2. The van der Waals surface area contributed by atoms with E-state index in [9.17, 15) is 14.4 Å². The van der Waals surface area contributed by atoms with Crippen molar-refractivity contribution in [2.45, 2.75) is 31.0 Å². The van der Waals surface area contributed by atoms with Crippen molar-refractivity contribution in [3.63, 3.8) is 0 Å². The predicted octanol–water partition coefficient (Wildman–Crippen LogP) is 3.71. The molecule has 2 amide bonds. The van der Waals surface area contributed by atoms with E-state index < -0.39 is 0 Å². The number of aromatic nitrogens is 3. The number of nitrogens with zero attached hydrogens (tertiary/aromatic N) is 3. The van der Waals surface area contributed by atoms with E-state index in [1.165, 1.54) is 4.57 Å². The standard InChI is InChI=1S/C26H23N5O3S/c1-16-9-12-22(27-14-16)31-25(34)20-7-2-3-8-21(20)30-26(31)35-15-23(32)28-19-6-4-5-17(13-19)24(33)29-18-10-11-18/h2-9,12-14,18H,10-11,15H2,1H3,(H,28,32)(H,29,33). The van der Waals surface area contributed by atoms with Gasteiger partial charge in [0.1, 0.15) is 5.82 Å². The van der Waals surface area contributed by atoms with Gasteiger partial charge in [0.2, 0.25) is 5.91 Å². The van der Waals surface area contributed by atoms with E-state index in [-0.39, 0.29) is 29.2 Å². The van der Waals surface area contributed by atoms with Crippen molar-refractivity contribution >= 4 is 40.2 Å². The van der Waals surface area contributed by atoms with Gasteiger partial charge in [0, 0.05) is 23.5 Å². The molecule has 2 aromatic heterocycles. The van der Waals surface area contributed by atoms with Gasteiger partial charge in [-0.2, -0.15) is 0 Å². The summed E-state index contributed by atoms with van der Waals surface area (Å²) in [7, 11) is 0. The zero-order valence-corrected chi connectivity index (χ0v) is 19.8. The second kappa shape index (κ2) is 9.71. The molecule has 9 heteroatoms. The van der Waals surface area contributed by atoms with Gasteiger partial charge in [0.25, 0.3) is 11.5 Å². The number of carbonyl (C=O) groups is 2. The van der Waals surface area contributed by atoms with Crippen LogP contribution in [0.25, 0.3) is 16.7 Å². The van der Waals surface area contributed by atoms with Crippen LogP contribution in [0.15, 0.2) is 76.8 Å². The summed E-state index contributed by atoms with van der Waals surface area (Å²) in [5.41, 5.74) is 2.31. The summed E-state index contributed by atoms with van der Waals surface area (Å²) >= 11 is 1.15. The quantitative estimate of drug-likeness (QED) is 0.305. The van der Waals surface area contributed by atoms with Gasteiger partial charge in [0.05, 0.1) is 16.7 Å². The van der Waals surface area contributed by atoms with Crippen molar-refractivity contribution in [3.8, 4) is 5.82 Å². The lowest BCUT2D eigenvalue weighted by Gasteiger charge is -2.13. The Labute approximate surface area is 205 Å². The molecule has 0 spiro atoms. The molecule has 5 rings (SSSR count). The van der Waals surface area contributed by atoms with Crippen LogP contribution in [-0.2, 0) is 4.79 Å². The summed E-state index contributed by atoms with van der Waals surface area (Å²) < 4.78 is 1.43. The Morgan fingerprint density at radius 1 is 1.09 bits per heavy atom. The molecule has 1 saturated carbocycles. The van der Waals surface area contributed by atoms with Crippen LogP contribution in [0.3, 0.4) is 0 Å². The zero-order valence-electron chi connectivity index (χ0n) is 19.0. The third kappa shape index (κ3) is 5.25. The Morgan fingerprint density at radius 2 is 1.91 bits per heavy atom. The lowest BCUT2D eigenvalue weighted by atomic mass is 10.2. The first kappa shape index (κ1) is 22.8. The molecule has 1 aliphatic carbocycles. The Morgan fingerprint density at radius 3 is 2.69 bits per heavy atom. The molecule has 0 aliphatic heterocycles. The number of nitrogens with one attached hydrogen (secondary N) is 2. The van der Waals surface area contributed by atoms with Crippen LogP contribution in [0, 0.1) is 6.92 Å². The molecule has 0 unspecified atom stereocenters. The molecule has 35 heavy (non-hydrogen) atoms. The van der Waals surface area contributed by atoms with Crippen molar-refractivity contribution in [1.29, 1.82) is 0 Å². The fraction of sp³-hybridized carbons (Fsp3) is 0.192. The number of thioether (sulfide) groups is 1. The van der Waals surface area contributed by atoms with E-state index in [0.29, 0.717) is 33.1 Å². The van der Waals surface area contributed by atoms with Gasteiger partial charge >= 0.3 is 0 Å². The molecule has 0 radical (unpaired) electrons. The lowest BCUT2D eigenvalue weighted by molar-refractivity contribution is -0.113. The number of anilines is 1. The number of hydrogen-bond donors (Lipinski definition) is 2. The number of rotatable bonds is 7. The molecular formula is C26H23N5O3S. The van der Waals surface area contributed by atoms with Gasteiger partial charge in [-0.1, -0.05) is 36.0 Å². The maximum atomic E-state index is 13.3. The summed E-state index contributed by atoms with van der Waals surface area (Å²) in [6.07, 6.45) is 3.70. The van der Waals surface area contributed by atoms with E-state index >= 15 is 0 Å². The highest BCUT2D eigenvalue weighted by Gasteiger charge is 2.24. The van der Waals surface area contributed by atoms with Gasteiger partial charge in [-0.3, -0.25) is 14.4 Å². The smallest absolute Gasteiger partial charge is 0.267 e. The van der Waals surface area contributed by atoms with Crippen LogP contribution < -0.4 is 16.2 Å². The minimum Gasteiger partial charge on any atom is -0.349 e. The van der Waals surface area contributed by atoms with Gasteiger partial charge in [-0.05, 0) is 61.7 Å². The molecule has 1 fully saturated rings. The SMILES string of the molecule is Cc1ccc(-n2c(SCC(=O)Nc3cccc(C(=O)NC4CC4)c3)nc3ccccc3c2=O)nc1. The Bertz CT molecular complexity index is 1480. The first-order valence-electron chi connectivity index (χ1n) is 11.3. The first-order valence-corrected chi connectivity index (χ1v) is 12.2. The summed E-state index contributed by atoms with van der Waals surface area (Å²) in [5.74, 6) is 0.0412. The number of para-hydroxylation sites is 1. The summed E-state index contributed by atoms with van der Waals surface area (Å²) in [6, 6.07) is 17.8. The van der Waals surface area contributed by atoms with Crippen molar-refractivity contribution in [2.75, 3.05) is 11.1 Å². The minimum absolute atomic E-state index is 0.0230. The number of pyridine rings is 1. The molecule has 0 atom stereocenters. The number of benzene rings is 2. The third-order valence-corrected chi connectivity index (χ3v) is 6.46. The summed E-state index contributed by atoms with van der Waals surface area (Å²) in [5, 5.41) is 6.61. The normalized spacial score (nSPS) is 12.9. The second-order valence-corrected chi connectivity index (χ2v) is 9.35. The van der Waals surface area contributed by atoms with E-state index in [0.717, 1.165) is 30.2 Å². The molecule has 2 N–H and O–H groups in total. The summed E-state index contributed by atoms with van der Waals surface area (Å²) in [6.45, 7) is 1.92. The molecule has 176 valence electrons. The fourth-order valence-electron chi connectivity index (χ4n) is 3.57. The molecule has 0 bridgehead atoms. The van der Waals surface area contributed by atoms with Crippen molar-refractivity contribution in [2.24, 2.45) is 0 Å². The van der Waals surface area contributed by atoms with Crippen LogP contribution in [0.4, 0.5) is 5.69 Å². The molecular weight excluding hydrogens is 462 g/mol. The Kier molecular flexibility index (Phi) is 6.33. The van der Waals surface area contributed by atoms with Crippen LogP contribution in [0.5, 0.6) is 0 Å². The Balaban J connectivity index is 1.36. The van der Waals surface area contributed by atoms with Crippen LogP contribution in [-0.4, -0.2) is 38.1 Å². The number of carbonyl (C=O) groups excluding carboxylic acids is 2. The van der Waals surface area contributed by atoms with E-state index in [1.54, 1.807) is 54.7 Å². The maximum Gasteiger partial charge on any atom is 0.267 e. The highest BCUT2D eigenvalue weighted by Crippen LogP contribution is 2.22. The third-order valence-electron chi connectivity index (χ3n) is 5.52. The molecule has 2 heterocycles. The predicted molar refractivity (Wildman–Crippen MR) is 136 cm³/mol. The topological polar surface area (TPSA) is 106 Å². The van der Waals surface area contributed by atoms with Crippen molar-refractivity contribution in [1.82, 2.24) is 19.9 Å². The van der Waals surface area contributed by atoms with Crippen molar-refractivity contribution in [3.05, 3.63) is 88.3 Å². The van der Waals surface area contributed by atoms with E-state index in [2.05, 4.69) is 20.6 Å². The highest BCUT2D eigenvalue weighted by molar-refractivity contribution is 7.99. The van der Waals surface area contributed by atoms with Gasteiger partial charge in [-0.15, -0.1) is 0 Å². The second-order valence-electron chi connectivity index (χ2n) is 8.41. The van der Waals surface area contributed by atoms with E-state index in [4.69, 9.17) is 0 Å². The van der Waals surface area contributed by atoms with Crippen LogP contribution in [0.1, 0.15) is 28.8 Å². The lowest BCUT2D eigenvalue weighted by Crippen LogP contribution is -2.25. The van der Waals surface area contributed by atoms with E-state index in [1.807, 2.05) is 19.1 Å². The average molecular weight is 486 g/mol. The zero-order chi connectivity index (χ0) is 24.4. The first-order chi connectivity index (χ1) is 17.0. The summed E-state index contributed by atoms with van der Waals surface area (Å²) in [4.78, 5) is 47.3. The largest absolute Gasteiger partial charge is 0.349 e. The minimum atomic E-state index is -0.277. The maximum absolute atomic E-state index is 13.3. The molecule has 0 saturated heterocycles. The fourth-order valence-corrected chi connectivity index (χ4v) is 4.37. The molecule has 1 aliphatic rings. The van der Waals surface area contributed by atoms with Gasteiger partial charge in [0.15, 0.2) is 5.16 Å². The molecule has 2 aromatic carbocycles. The number of fused-ring (bicyclic) bond motifs is 1. The monoisotopic (exact) mass is 485 g/mol. The van der Waals surface area contributed by atoms with Gasteiger partial charge in [-0.25, -0.2) is 14.5 Å². The average Bonchev–Trinajstić information content (AvgIpc) is 3.68. The van der Waals surface area contributed by atoms with Gasteiger partial charge < -0.3 is 10.6 Å². The highest BCUT2D eigenvalue weighted by atomic mass is 32.2. The van der Waals surface area contributed by atoms with Crippen molar-refractivity contribution < 1.29 is 9.59 Å². The van der Waals surface area contributed by atoms with Crippen LogP contribution >= 0.6 is 11.8 Å².